The number of carbonyl (C=O) groups is 1. The number of benzene rings is 3. The van der Waals surface area contributed by atoms with Crippen LogP contribution in [-0.2, 0) is 6.54 Å². The van der Waals surface area contributed by atoms with Gasteiger partial charge in [0.15, 0.2) is 0 Å². The third-order valence-corrected chi connectivity index (χ3v) is 6.49. The fraction of sp³-hybridized carbons (Fsp3) is 0.207. The van der Waals surface area contributed by atoms with Gasteiger partial charge in [0.25, 0.3) is 0 Å². The van der Waals surface area contributed by atoms with Crippen LogP contribution in [0.25, 0.3) is 5.69 Å². The van der Waals surface area contributed by atoms with E-state index >= 15 is 0 Å². The molecule has 0 radical (unpaired) electrons. The van der Waals surface area contributed by atoms with Crippen molar-refractivity contribution in [3.05, 3.63) is 113 Å². The highest BCUT2D eigenvalue weighted by Crippen LogP contribution is 2.37. The molecule has 34 heavy (non-hydrogen) atoms. The summed E-state index contributed by atoms with van der Waals surface area (Å²) in [5, 5.41) is 3.15. The number of carbonyl (C=O) groups excluding carboxylic acids is 1. The second-order valence-electron chi connectivity index (χ2n) is 8.69. The molecule has 0 saturated carbocycles. The van der Waals surface area contributed by atoms with E-state index < -0.39 is 0 Å². The second-order valence-corrected chi connectivity index (χ2v) is 8.69. The van der Waals surface area contributed by atoms with Crippen LogP contribution < -0.4 is 10.1 Å². The number of urea groups is 1. The molecule has 2 heterocycles. The summed E-state index contributed by atoms with van der Waals surface area (Å²) in [7, 11) is 0. The number of para-hydroxylation sites is 1. The maximum atomic E-state index is 13.8. The standard InChI is InChI=1S/C29H29N3O2/c1-4-34-25-15-12-22(13-16-25)28-27-10-7-17-31(27)26-9-6-5-8-23(26)19-32(28)29(33)30-24-14-11-20(2)21(3)18-24/h5-18,28H,4,19H2,1-3H3,(H,30,33)/t28-/m0/s1. The molecule has 5 nitrogen and oxygen atoms in total. The van der Waals surface area contributed by atoms with Crippen molar-refractivity contribution in [1.29, 1.82) is 0 Å². The summed E-state index contributed by atoms with van der Waals surface area (Å²) in [6.07, 6.45) is 2.07. The molecule has 3 aromatic carbocycles. The fourth-order valence-corrected chi connectivity index (χ4v) is 4.62. The van der Waals surface area contributed by atoms with Crippen LogP contribution in [0.5, 0.6) is 5.75 Å². The van der Waals surface area contributed by atoms with Gasteiger partial charge in [-0.2, -0.15) is 0 Å². The normalized spacial score (nSPS) is 14.7. The lowest BCUT2D eigenvalue weighted by molar-refractivity contribution is 0.194. The lowest BCUT2D eigenvalue weighted by Gasteiger charge is -2.31. The SMILES string of the molecule is CCOc1ccc([C@H]2c3cccn3-c3ccccc3CN2C(=O)Nc2ccc(C)c(C)c2)cc1. The van der Waals surface area contributed by atoms with Crippen molar-refractivity contribution in [2.45, 2.75) is 33.4 Å². The van der Waals surface area contributed by atoms with Crippen LogP contribution >= 0.6 is 0 Å². The largest absolute Gasteiger partial charge is 0.494 e. The first-order valence-corrected chi connectivity index (χ1v) is 11.7. The van der Waals surface area contributed by atoms with E-state index in [1.165, 1.54) is 5.56 Å². The number of hydrogen-bond donors (Lipinski definition) is 1. The Kier molecular flexibility index (Phi) is 5.84. The maximum absolute atomic E-state index is 13.8. The molecule has 0 unspecified atom stereocenters. The number of hydrogen-bond acceptors (Lipinski definition) is 2. The predicted molar refractivity (Wildman–Crippen MR) is 136 cm³/mol. The van der Waals surface area contributed by atoms with Crippen molar-refractivity contribution in [3.63, 3.8) is 0 Å². The summed E-state index contributed by atoms with van der Waals surface area (Å²) in [6.45, 7) is 7.21. The topological polar surface area (TPSA) is 46.5 Å². The Morgan fingerprint density at radius 3 is 2.53 bits per heavy atom. The summed E-state index contributed by atoms with van der Waals surface area (Å²) in [4.78, 5) is 15.7. The smallest absolute Gasteiger partial charge is 0.322 e. The number of ether oxygens (including phenoxy) is 1. The van der Waals surface area contributed by atoms with Crippen LogP contribution in [0.3, 0.4) is 0 Å². The Hall–Kier alpha value is -3.99. The molecule has 0 saturated heterocycles. The fourth-order valence-electron chi connectivity index (χ4n) is 4.62. The highest BCUT2D eigenvalue weighted by Gasteiger charge is 2.33. The van der Waals surface area contributed by atoms with Gasteiger partial charge in [0, 0.05) is 17.6 Å². The number of nitrogens with one attached hydrogen (secondary N) is 1. The summed E-state index contributed by atoms with van der Waals surface area (Å²) in [5.41, 5.74) is 7.42. The third kappa shape index (κ3) is 4.05. The van der Waals surface area contributed by atoms with Crippen LogP contribution in [0.1, 0.15) is 40.9 Å². The van der Waals surface area contributed by atoms with E-state index in [9.17, 15) is 4.79 Å². The van der Waals surface area contributed by atoms with Gasteiger partial charge in [-0.15, -0.1) is 0 Å². The van der Waals surface area contributed by atoms with Gasteiger partial charge in [0.05, 0.1) is 24.9 Å². The van der Waals surface area contributed by atoms with Crippen LogP contribution in [-0.4, -0.2) is 22.1 Å². The molecule has 1 aromatic heterocycles. The van der Waals surface area contributed by atoms with E-state index in [1.54, 1.807) is 0 Å². The van der Waals surface area contributed by atoms with Gasteiger partial charge in [-0.05, 0) is 85.5 Å². The van der Waals surface area contributed by atoms with Gasteiger partial charge in [-0.3, -0.25) is 0 Å². The zero-order valence-corrected chi connectivity index (χ0v) is 19.8. The Morgan fingerprint density at radius 1 is 0.971 bits per heavy atom. The third-order valence-electron chi connectivity index (χ3n) is 6.49. The number of anilines is 1. The summed E-state index contributed by atoms with van der Waals surface area (Å²) < 4.78 is 7.85. The van der Waals surface area contributed by atoms with Crippen molar-refractivity contribution >= 4 is 11.7 Å². The Balaban J connectivity index is 1.59. The lowest BCUT2D eigenvalue weighted by Crippen LogP contribution is -2.37. The molecular formula is C29H29N3O2. The van der Waals surface area contributed by atoms with Gasteiger partial charge in [0.1, 0.15) is 5.75 Å². The van der Waals surface area contributed by atoms with E-state index in [4.69, 9.17) is 4.74 Å². The summed E-state index contributed by atoms with van der Waals surface area (Å²) in [6, 6.07) is 26.1. The van der Waals surface area contributed by atoms with Crippen molar-refractivity contribution in [3.8, 4) is 11.4 Å². The highest BCUT2D eigenvalue weighted by atomic mass is 16.5. The van der Waals surface area contributed by atoms with Gasteiger partial charge in [-0.1, -0.05) is 36.4 Å². The molecule has 1 aliphatic rings. The zero-order valence-electron chi connectivity index (χ0n) is 19.8. The van der Waals surface area contributed by atoms with Crippen LogP contribution in [0.2, 0.25) is 0 Å². The Morgan fingerprint density at radius 2 is 1.76 bits per heavy atom. The maximum Gasteiger partial charge on any atom is 0.322 e. The predicted octanol–water partition coefficient (Wildman–Crippen LogP) is 6.63. The molecule has 172 valence electrons. The number of aryl methyl sites for hydroxylation is 2. The number of amides is 2. The molecule has 5 rings (SSSR count). The van der Waals surface area contributed by atoms with E-state index in [1.807, 2.05) is 60.4 Å². The molecule has 0 bridgehead atoms. The minimum Gasteiger partial charge on any atom is -0.494 e. The molecular weight excluding hydrogens is 422 g/mol. The van der Waals surface area contributed by atoms with Crippen molar-refractivity contribution < 1.29 is 9.53 Å². The van der Waals surface area contributed by atoms with E-state index in [0.29, 0.717) is 13.2 Å². The van der Waals surface area contributed by atoms with Gasteiger partial charge < -0.3 is 19.5 Å². The van der Waals surface area contributed by atoms with Gasteiger partial charge in [-0.25, -0.2) is 4.79 Å². The average molecular weight is 452 g/mol. The zero-order chi connectivity index (χ0) is 23.7. The summed E-state index contributed by atoms with van der Waals surface area (Å²) in [5.74, 6) is 0.824. The molecule has 0 spiro atoms. The first-order chi connectivity index (χ1) is 16.5. The number of aromatic nitrogens is 1. The molecule has 1 aliphatic heterocycles. The highest BCUT2D eigenvalue weighted by molar-refractivity contribution is 5.90. The molecule has 0 aliphatic carbocycles. The molecule has 2 amide bonds. The van der Waals surface area contributed by atoms with Crippen LogP contribution in [0.15, 0.2) is 85.1 Å². The van der Waals surface area contributed by atoms with Crippen molar-refractivity contribution in [1.82, 2.24) is 9.47 Å². The number of fused-ring (bicyclic) bond motifs is 3. The molecule has 1 N–H and O–H groups in total. The Bertz CT molecular complexity index is 1320. The van der Waals surface area contributed by atoms with Crippen LogP contribution in [0.4, 0.5) is 10.5 Å². The first-order valence-electron chi connectivity index (χ1n) is 11.7. The minimum atomic E-state index is -0.260. The number of nitrogens with zero attached hydrogens (tertiary/aromatic N) is 2. The number of rotatable bonds is 4. The quantitative estimate of drug-likeness (QED) is 0.378. The monoisotopic (exact) mass is 451 g/mol. The Labute approximate surface area is 200 Å². The minimum absolute atomic E-state index is 0.133. The van der Waals surface area contributed by atoms with E-state index in [2.05, 4.69) is 60.3 Å². The van der Waals surface area contributed by atoms with E-state index in [-0.39, 0.29) is 12.1 Å². The molecule has 1 atom stereocenters. The van der Waals surface area contributed by atoms with Gasteiger partial charge in [0.2, 0.25) is 0 Å². The van der Waals surface area contributed by atoms with Gasteiger partial charge >= 0.3 is 6.03 Å². The first kappa shape index (κ1) is 21.8. The second kappa shape index (κ2) is 9.10. The van der Waals surface area contributed by atoms with E-state index in [0.717, 1.165) is 39.5 Å². The summed E-state index contributed by atoms with van der Waals surface area (Å²) >= 11 is 0. The molecule has 0 fully saturated rings. The van der Waals surface area contributed by atoms with Crippen molar-refractivity contribution in [2.24, 2.45) is 0 Å². The lowest BCUT2D eigenvalue weighted by atomic mass is 10.0. The molecule has 5 heteroatoms. The average Bonchev–Trinajstić information content (AvgIpc) is 3.27. The van der Waals surface area contributed by atoms with Crippen molar-refractivity contribution in [2.75, 3.05) is 11.9 Å². The van der Waals surface area contributed by atoms with Crippen LogP contribution in [0, 0.1) is 13.8 Å². The molecule has 4 aromatic rings.